The second kappa shape index (κ2) is 10.1. The molecule has 3 nitrogen and oxygen atoms in total. The predicted octanol–water partition coefficient (Wildman–Crippen LogP) is 5.50. The summed E-state index contributed by atoms with van der Waals surface area (Å²) < 4.78 is 1.24. The highest BCUT2D eigenvalue weighted by Crippen LogP contribution is 2.35. The summed E-state index contributed by atoms with van der Waals surface area (Å²) in [5, 5.41) is 11.4. The molecular formula is C22H23IN2OS. The molecule has 1 fully saturated rings. The Hall–Kier alpha value is -1.52. The lowest BCUT2D eigenvalue weighted by Crippen LogP contribution is -2.37. The van der Waals surface area contributed by atoms with Gasteiger partial charge >= 0.3 is 0 Å². The highest BCUT2D eigenvalue weighted by molar-refractivity contribution is 14.1. The summed E-state index contributed by atoms with van der Waals surface area (Å²) in [5.74, 6) is 1.44. The second-order valence-corrected chi connectivity index (χ2v) is 9.21. The number of hydrogen-bond donors (Lipinski definition) is 1. The van der Waals surface area contributed by atoms with Crippen molar-refractivity contribution in [2.45, 2.75) is 30.6 Å². The van der Waals surface area contributed by atoms with Crippen molar-refractivity contribution in [1.29, 1.82) is 5.26 Å². The van der Waals surface area contributed by atoms with Crippen LogP contribution in [0.4, 0.5) is 0 Å². The normalized spacial score (nSPS) is 19.3. The average molecular weight is 490 g/mol. The second-order valence-electron chi connectivity index (χ2n) is 6.87. The minimum atomic E-state index is 0.0469. The van der Waals surface area contributed by atoms with Gasteiger partial charge in [0, 0.05) is 20.1 Å². The molecule has 140 valence electrons. The molecule has 1 N–H and O–H groups in total. The number of amides is 1. The fourth-order valence-electron chi connectivity index (χ4n) is 3.60. The van der Waals surface area contributed by atoms with Crippen LogP contribution in [0.2, 0.25) is 0 Å². The van der Waals surface area contributed by atoms with E-state index in [-0.39, 0.29) is 18.4 Å². The lowest BCUT2D eigenvalue weighted by molar-refractivity contribution is -0.127. The first-order chi connectivity index (χ1) is 13.2. The van der Waals surface area contributed by atoms with Gasteiger partial charge in [-0.15, -0.1) is 11.8 Å². The van der Waals surface area contributed by atoms with Gasteiger partial charge < -0.3 is 5.32 Å². The predicted molar refractivity (Wildman–Crippen MR) is 119 cm³/mol. The van der Waals surface area contributed by atoms with Crippen LogP contribution < -0.4 is 5.32 Å². The lowest BCUT2D eigenvalue weighted by Gasteiger charge is -2.30. The lowest BCUT2D eigenvalue weighted by atomic mass is 9.80. The summed E-state index contributed by atoms with van der Waals surface area (Å²) >= 11 is 4.15. The molecule has 0 aliphatic heterocycles. The zero-order valence-corrected chi connectivity index (χ0v) is 18.1. The van der Waals surface area contributed by atoms with Crippen molar-refractivity contribution >= 4 is 40.3 Å². The third-order valence-corrected chi connectivity index (χ3v) is 7.00. The van der Waals surface area contributed by atoms with Crippen molar-refractivity contribution in [3.8, 4) is 17.2 Å². The van der Waals surface area contributed by atoms with E-state index in [9.17, 15) is 4.79 Å². The van der Waals surface area contributed by atoms with Crippen molar-refractivity contribution in [1.82, 2.24) is 5.32 Å². The van der Waals surface area contributed by atoms with E-state index in [2.05, 4.69) is 76.4 Å². The van der Waals surface area contributed by atoms with Crippen molar-refractivity contribution in [3.63, 3.8) is 0 Å². The molecule has 2 aromatic rings. The van der Waals surface area contributed by atoms with Crippen LogP contribution in [-0.2, 0) is 4.79 Å². The largest absolute Gasteiger partial charge is 0.343 e. The molecule has 1 saturated carbocycles. The number of thioether (sulfide) groups is 1. The number of nitrogens with one attached hydrogen (secondary N) is 1. The smallest absolute Gasteiger partial charge is 0.224 e. The van der Waals surface area contributed by atoms with Crippen LogP contribution in [0.25, 0.3) is 11.1 Å². The molecule has 1 amide bonds. The molecule has 0 saturated heterocycles. The van der Waals surface area contributed by atoms with Crippen molar-refractivity contribution in [3.05, 3.63) is 52.1 Å². The Morgan fingerprint density at radius 1 is 1.07 bits per heavy atom. The summed E-state index contributed by atoms with van der Waals surface area (Å²) in [6, 6.07) is 19.2. The van der Waals surface area contributed by atoms with E-state index >= 15 is 0 Å². The molecule has 5 heteroatoms. The Morgan fingerprint density at radius 3 is 2.37 bits per heavy atom. The Morgan fingerprint density at radius 2 is 1.70 bits per heavy atom. The Kier molecular flexibility index (Phi) is 7.59. The Balaban J connectivity index is 1.59. The summed E-state index contributed by atoms with van der Waals surface area (Å²) in [6.45, 7) is 0.106. The molecule has 1 aliphatic rings. The first kappa shape index (κ1) is 20.2. The van der Waals surface area contributed by atoms with Crippen LogP contribution >= 0.6 is 34.4 Å². The van der Waals surface area contributed by atoms with Gasteiger partial charge in [0.2, 0.25) is 5.91 Å². The standard InChI is InChI=1S/C22H23IN2OS/c23-19-9-5-16(6-10-19)17-7-11-20(12-8-17)27-15-18-3-1-2-4-21(18)22(26)25-14-13-24/h5-12,18,21H,1-4,14-15H2,(H,25,26). The van der Waals surface area contributed by atoms with Gasteiger partial charge in [-0.2, -0.15) is 5.26 Å². The molecule has 3 rings (SSSR count). The van der Waals surface area contributed by atoms with Gasteiger partial charge in [0.25, 0.3) is 0 Å². The molecule has 0 radical (unpaired) electrons. The zero-order chi connectivity index (χ0) is 19.1. The first-order valence-electron chi connectivity index (χ1n) is 9.31. The van der Waals surface area contributed by atoms with Crippen LogP contribution in [0.5, 0.6) is 0 Å². The van der Waals surface area contributed by atoms with Gasteiger partial charge in [-0.3, -0.25) is 4.79 Å². The quantitative estimate of drug-likeness (QED) is 0.331. The monoisotopic (exact) mass is 490 g/mol. The zero-order valence-electron chi connectivity index (χ0n) is 15.2. The summed E-state index contributed by atoms with van der Waals surface area (Å²) in [5.41, 5.74) is 2.45. The van der Waals surface area contributed by atoms with E-state index in [1.54, 1.807) is 0 Å². The van der Waals surface area contributed by atoms with E-state index in [1.807, 2.05) is 17.8 Å². The first-order valence-corrected chi connectivity index (χ1v) is 11.4. The van der Waals surface area contributed by atoms with Gasteiger partial charge in [0.05, 0.1) is 6.07 Å². The number of carbonyl (C=O) groups is 1. The van der Waals surface area contributed by atoms with E-state index in [0.29, 0.717) is 5.92 Å². The minimum Gasteiger partial charge on any atom is -0.343 e. The van der Waals surface area contributed by atoms with E-state index in [4.69, 9.17) is 5.26 Å². The van der Waals surface area contributed by atoms with E-state index in [1.165, 1.54) is 26.0 Å². The van der Waals surface area contributed by atoms with Gasteiger partial charge in [-0.25, -0.2) is 0 Å². The highest BCUT2D eigenvalue weighted by atomic mass is 127. The molecule has 27 heavy (non-hydrogen) atoms. The number of halogens is 1. The van der Waals surface area contributed by atoms with Crippen LogP contribution in [-0.4, -0.2) is 18.2 Å². The van der Waals surface area contributed by atoms with Gasteiger partial charge in [0.15, 0.2) is 0 Å². The van der Waals surface area contributed by atoms with Gasteiger partial charge in [0.1, 0.15) is 6.54 Å². The third kappa shape index (κ3) is 5.73. The maximum atomic E-state index is 12.3. The summed E-state index contributed by atoms with van der Waals surface area (Å²) in [6.07, 6.45) is 4.34. The Bertz CT molecular complexity index is 799. The minimum absolute atomic E-state index is 0.0469. The highest BCUT2D eigenvalue weighted by Gasteiger charge is 2.30. The molecule has 1 aliphatic carbocycles. The SMILES string of the molecule is N#CCNC(=O)C1CCCCC1CSc1ccc(-c2ccc(I)cc2)cc1. The van der Waals surface area contributed by atoms with Crippen molar-refractivity contribution in [2.75, 3.05) is 12.3 Å². The van der Waals surface area contributed by atoms with Crippen molar-refractivity contribution < 1.29 is 4.79 Å². The fourth-order valence-corrected chi connectivity index (χ4v) is 5.09. The number of nitriles is 1. The van der Waals surface area contributed by atoms with Crippen LogP contribution in [0, 0.1) is 26.7 Å². The van der Waals surface area contributed by atoms with Crippen LogP contribution in [0.15, 0.2) is 53.4 Å². The Labute approximate surface area is 179 Å². The number of rotatable bonds is 6. The maximum absolute atomic E-state index is 12.3. The molecule has 2 atom stereocenters. The molecular weight excluding hydrogens is 467 g/mol. The average Bonchev–Trinajstić information content (AvgIpc) is 2.72. The van der Waals surface area contributed by atoms with E-state index in [0.717, 1.165) is 25.0 Å². The third-order valence-electron chi connectivity index (χ3n) is 5.08. The fraction of sp³-hybridized carbons (Fsp3) is 0.364. The molecule has 2 aromatic carbocycles. The molecule has 0 aromatic heterocycles. The molecule has 2 unspecified atom stereocenters. The molecule has 0 spiro atoms. The number of benzene rings is 2. The topological polar surface area (TPSA) is 52.9 Å². The number of hydrogen-bond acceptors (Lipinski definition) is 3. The molecule has 0 bridgehead atoms. The van der Waals surface area contributed by atoms with Crippen LogP contribution in [0.1, 0.15) is 25.7 Å². The van der Waals surface area contributed by atoms with E-state index < -0.39 is 0 Å². The maximum Gasteiger partial charge on any atom is 0.224 e. The number of carbonyl (C=O) groups excluding carboxylic acids is 1. The number of nitrogens with zero attached hydrogens (tertiary/aromatic N) is 1. The summed E-state index contributed by atoms with van der Waals surface area (Å²) in [7, 11) is 0. The van der Waals surface area contributed by atoms with Crippen molar-refractivity contribution in [2.24, 2.45) is 11.8 Å². The van der Waals surface area contributed by atoms with Gasteiger partial charge in [-0.1, -0.05) is 37.1 Å². The van der Waals surface area contributed by atoms with Crippen LogP contribution in [0.3, 0.4) is 0 Å². The summed E-state index contributed by atoms with van der Waals surface area (Å²) in [4.78, 5) is 13.6. The van der Waals surface area contributed by atoms with Gasteiger partial charge in [-0.05, 0) is 76.7 Å². The molecule has 0 heterocycles.